The maximum atomic E-state index is 12.8. The van der Waals surface area contributed by atoms with Gasteiger partial charge in [0.15, 0.2) is 5.16 Å². The number of nitriles is 1. The maximum Gasteiger partial charge on any atom is 0.235 e. The standard InChI is InChI=1S/C23H27N5O2S/c1-5-11-28-20-10-7-6-9-19(20)25-23(28)31-15-21(29)26-22-18(14-24)16(2)17(3)27(22)12-8-13-30-4/h5-7,9-10H,1,8,11-13,15H2,2-4H3,(H,26,29). The van der Waals surface area contributed by atoms with Crippen molar-refractivity contribution >= 4 is 34.5 Å². The molecule has 3 rings (SSSR count). The van der Waals surface area contributed by atoms with Gasteiger partial charge < -0.3 is 19.2 Å². The van der Waals surface area contributed by atoms with Crippen molar-refractivity contribution in [2.45, 2.75) is 38.5 Å². The molecule has 3 aromatic rings. The number of anilines is 1. The first kappa shape index (κ1) is 22.7. The fourth-order valence-corrected chi connectivity index (χ4v) is 4.37. The minimum absolute atomic E-state index is 0.177. The highest BCUT2D eigenvalue weighted by molar-refractivity contribution is 7.99. The third-order valence-corrected chi connectivity index (χ3v) is 6.17. The summed E-state index contributed by atoms with van der Waals surface area (Å²) in [5.74, 6) is 0.565. The smallest absolute Gasteiger partial charge is 0.235 e. The SMILES string of the molecule is C=CCn1c(SCC(=O)Nc2c(C#N)c(C)c(C)n2CCCOC)nc2ccccc21. The van der Waals surface area contributed by atoms with Crippen LogP contribution in [-0.2, 0) is 22.6 Å². The molecule has 1 N–H and O–H groups in total. The van der Waals surface area contributed by atoms with E-state index in [2.05, 4.69) is 22.9 Å². The van der Waals surface area contributed by atoms with Gasteiger partial charge in [0.25, 0.3) is 0 Å². The number of fused-ring (bicyclic) bond motifs is 1. The summed E-state index contributed by atoms with van der Waals surface area (Å²) >= 11 is 1.37. The molecule has 2 heterocycles. The first-order valence-electron chi connectivity index (χ1n) is 10.1. The van der Waals surface area contributed by atoms with Gasteiger partial charge in [0.05, 0.1) is 22.3 Å². The molecular formula is C23H27N5O2S. The van der Waals surface area contributed by atoms with Crippen molar-refractivity contribution in [3.63, 3.8) is 0 Å². The average molecular weight is 438 g/mol. The van der Waals surface area contributed by atoms with Gasteiger partial charge >= 0.3 is 0 Å². The topological polar surface area (TPSA) is 84.9 Å². The number of thioether (sulfide) groups is 1. The lowest BCUT2D eigenvalue weighted by Gasteiger charge is -2.13. The van der Waals surface area contributed by atoms with Crippen LogP contribution in [0, 0.1) is 25.2 Å². The number of hydrogen-bond donors (Lipinski definition) is 1. The zero-order chi connectivity index (χ0) is 22.4. The molecule has 0 spiro atoms. The van der Waals surface area contributed by atoms with Gasteiger partial charge in [-0.2, -0.15) is 5.26 Å². The normalized spacial score (nSPS) is 10.9. The van der Waals surface area contributed by atoms with Gasteiger partial charge in [-0.25, -0.2) is 4.98 Å². The highest BCUT2D eigenvalue weighted by Crippen LogP contribution is 2.28. The van der Waals surface area contributed by atoms with Crippen LogP contribution in [-0.4, -0.2) is 39.5 Å². The Morgan fingerprint density at radius 2 is 2.13 bits per heavy atom. The second-order valence-electron chi connectivity index (χ2n) is 7.16. The van der Waals surface area contributed by atoms with E-state index >= 15 is 0 Å². The largest absolute Gasteiger partial charge is 0.385 e. The Balaban J connectivity index is 1.78. The Morgan fingerprint density at radius 1 is 1.35 bits per heavy atom. The van der Waals surface area contributed by atoms with Crippen LogP contribution in [0.25, 0.3) is 11.0 Å². The van der Waals surface area contributed by atoms with E-state index in [1.165, 1.54) is 11.8 Å². The number of amides is 1. The number of rotatable bonds is 10. The summed E-state index contributed by atoms with van der Waals surface area (Å²) in [6.07, 6.45) is 2.61. The molecule has 0 bridgehead atoms. The van der Waals surface area contributed by atoms with Crippen LogP contribution in [0.2, 0.25) is 0 Å². The molecule has 1 amide bonds. The van der Waals surface area contributed by atoms with Gasteiger partial charge in [-0.3, -0.25) is 4.79 Å². The van der Waals surface area contributed by atoms with Crippen LogP contribution in [0.15, 0.2) is 42.1 Å². The molecule has 2 aromatic heterocycles. The Hall–Kier alpha value is -3.02. The first-order valence-corrected chi connectivity index (χ1v) is 11.1. The first-order chi connectivity index (χ1) is 15.0. The lowest BCUT2D eigenvalue weighted by molar-refractivity contribution is -0.113. The minimum atomic E-state index is -0.177. The van der Waals surface area contributed by atoms with Gasteiger partial charge in [0, 0.05) is 32.5 Å². The second kappa shape index (κ2) is 10.3. The quantitative estimate of drug-likeness (QED) is 0.291. The van der Waals surface area contributed by atoms with Gasteiger partial charge in [-0.05, 0) is 38.0 Å². The molecule has 0 aliphatic heterocycles. The molecule has 31 heavy (non-hydrogen) atoms. The molecule has 0 aliphatic carbocycles. The molecule has 8 heteroatoms. The second-order valence-corrected chi connectivity index (χ2v) is 8.11. The van der Waals surface area contributed by atoms with Crippen LogP contribution in [0.1, 0.15) is 23.2 Å². The molecule has 0 aliphatic rings. The highest BCUT2D eigenvalue weighted by atomic mass is 32.2. The van der Waals surface area contributed by atoms with Crippen molar-refractivity contribution in [2.75, 3.05) is 24.8 Å². The third kappa shape index (κ3) is 4.84. The third-order valence-electron chi connectivity index (χ3n) is 5.19. The van der Waals surface area contributed by atoms with E-state index in [1.807, 2.05) is 53.3 Å². The van der Waals surface area contributed by atoms with Gasteiger partial charge in [-0.1, -0.05) is 30.0 Å². The summed E-state index contributed by atoms with van der Waals surface area (Å²) in [5.41, 5.74) is 4.26. The summed E-state index contributed by atoms with van der Waals surface area (Å²) in [5, 5.41) is 13.4. The van der Waals surface area contributed by atoms with E-state index in [0.29, 0.717) is 31.1 Å². The monoisotopic (exact) mass is 437 g/mol. The van der Waals surface area contributed by atoms with Crippen molar-refractivity contribution in [3.8, 4) is 6.07 Å². The van der Waals surface area contributed by atoms with Gasteiger partial charge in [-0.15, -0.1) is 6.58 Å². The molecule has 162 valence electrons. The molecule has 0 unspecified atom stereocenters. The van der Waals surface area contributed by atoms with E-state index in [4.69, 9.17) is 4.74 Å². The predicted molar refractivity (Wildman–Crippen MR) is 124 cm³/mol. The number of allylic oxidation sites excluding steroid dienone is 1. The van der Waals surface area contributed by atoms with E-state index in [1.54, 1.807) is 7.11 Å². The van der Waals surface area contributed by atoms with Crippen LogP contribution in [0.3, 0.4) is 0 Å². The number of nitrogens with zero attached hydrogens (tertiary/aromatic N) is 4. The molecule has 7 nitrogen and oxygen atoms in total. The van der Waals surface area contributed by atoms with E-state index in [-0.39, 0.29) is 11.7 Å². The number of nitrogens with one attached hydrogen (secondary N) is 1. The lowest BCUT2D eigenvalue weighted by atomic mass is 10.2. The van der Waals surface area contributed by atoms with Gasteiger partial charge in [0.2, 0.25) is 5.91 Å². The van der Waals surface area contributed by atoms with Crippen molar-refractivity contribution in [3.05, 3.63) is 53.7 Å². The van der Waals surface area contributed by atoms with Crippen molar-refractivity contribution in [1.82, 2.24) is 14.1 Å². The fourth-order valence-electron chi connectivity index (χ4n) is 3.54. The van der Waals surface area contributed by atoms with Crippen molar-refractivity contribution < 1.29 is 9.53 Å². The van der Waals surface area contributed by atoms with Crippen molar-refractivity contribution in [2.24, 2.45) is 0 Å². The number of methoxy groups -OCH3 is 1. The molecule has 1 aromatic carbocycles. The number of carbonyl (C=O) groups is 1. The average Bonchev–Trinajstić information content (AvgIpc) is 3.22. The number of ether oxygens (including phenoxy) is 1. The summed E-state index contributed by atoms with van der Waals surface area (Å²) in [6.45, 7) is 9.59. The Labute approximate surface area is 186 Å². The number of imidazole rings is 1. The molecule has 0 saturated carbocycles. The van der Waals surface area contributed by atoms with Crippen LogP contribution in [0.5, 0.6) is 0 Å². The van der Waals surface area contributed by atoms with Crippen LogP contribution >= 0.6 is 11.8 Å². The van der Waals surface area contributed by atoms with Crippen molar-refractivity contribution in [1.29, 1.82) is 5.26 Å². The summed E-state index contributed by atoms with van der Waals surface area (Å²) in [7, 11) is 1.66. The molecule has 0 radical (unpaired) electrons. The summed E-state index contributed by atoms with van der Waals surface area (Å²) in [4.78, 5) is 17.5. The molecular weight excluding hydrogens is 410 g/mol. The number of hydrogen-bond acceptors (Lipinski definition) is 5. The number of benzene rings is 1. The number of aromatic nitrogens is 3. The van der Waals surface area contributed by atoms with Gasteiger partial charge in [0.1, 0.15) is 11.9 Å². The fraction of sp³-hybridized carbons (Fsp3) is 0.348. The number of para-hydroxylation sites is 2. The summed E-state index contributed by atoms with van der Waals surface area (Å²) < 4.78 is 9.18. The zero-order valence-electron chi connectivity index (χ0n) is 18.1. The number of carbonyl (C=O) groups excluding carboxylic acids is 1. The Kier molecular flexibility index (Phi) is 7.55. The Bertz CT molecular complexity index is 1140. The minimum Gasteiger partial charge on any atom is -0.385 e. The maximum absolute atomic E-state index is 12.8. The van der Waals surface area contributed by atoms with E-state index in [0.717, 1.165) is 33.9 Å². The predicted octanol–water partition coefficient (Wildman–Crippen LogP) is 4.28. The highest BCUT2D eigenvalue weighted by Gasteiger charge is 2.20. The molecule has 0 saturated heterocycles. The van der Waals surface area contributed by atoms with Crippen LogP contribution < -0.4 is 5.32 Å². The van der Waals surface area contributed by atoms with Crippen LogP contribution in [0.4, 0.5) is 5.82 Å². The molecule has 0 atom stereocenters. The zero-order valence-corrected chi connectivity index (χ0v) is 19.0. The molecule has 0 fully saturated rings. The Morgan fingerprint density at radius 3 is 2.84 bits per heavy atom. The lowest BCUT2D eigenvalue weighted by Crippen LogP contribution is -2.19. The van der Waals surface area contributed by atoms with E-state index in [9.17, 15) is 10.1 Å². The summed E-state index contributed by atoms with van der Waals surface area (Å²) in [6, 6.07) is 10.1. The van der Waals surface area contributed by atoms with E-state index < -0.39 is 0 Å².